The lowest BCUT2D eigenvalue weighted by Gasteiger charge is -2.36. The van der Waals surface area contributed by atoms with Crippen LogP contribution in [0, 0.1) is 0 Å². The van der Waals surface area contributed by atoms with Gasteiger partial charge in [0, 0.05) is 51.0 Å². The summed E-state index contributed by atoms with van der Waals surface area (Å²) in [4.78, 5) is 8.87. The average molecular weight is 305 g/mol. The number of piperazine rings is 1. The molecule has 0 radical (unpaired) electrons. The molecule has 3 nitrogen and oxygen atoms in total. The van der Waals surface area contributed by atoms with Gasteiger partial charge in [0.2, 0.25) is 0 Å². The van der Waals surface area contributed by atoms with Crippen molar-refractivity contribution in [2.75, 3.05) is 43.5 Å². The minimum Gasteiger partial charge on any atom is -0.368 e. The molecule has 0 bridgehead atoms. The molecule has 0 saturated carbocycles. The minimum absolute atomic E-state index is 0.721. The van der Waals surface area contributed by atoms with Crippen LogP contribution < -0.4 is 4.90 Å². The van der Waals surface area contributed by atoms with Gasteiger partial charge >= 0.3 is 0 Å². The van der Waals surface area contributed by atoms with Gasteiger partial charge in [0.25, 0.3) is 0 Å². The average Bonchev–Trinajstić information content (AvgIpc) is 2.31. The number of alkyl halides is 1. The molecule has 0 amide bonds. The van der Waals surface area contributed by atoms with E-state index in [-0.39, 0.29) is 0 Å². The Hall–Kier alpha value is -0.320. The van der Waals surface area contributed by atoms with Crippen LogP contribution in [0.2, 0.25) is 0 Å². The SMILES string of the molecule is ClCCN1CCN(c2ccncc2Br)CC1. The summed E-state index contributed by atoms with van der Waals surface area (Å²) in [6.45, 7) is 5.27. The van der Waals surface area contributed by atoms with E-state index in [0.29, 0.717) is 0 Å². The molecule has 2 heterocycles. The van der Waals surface area contributed by atoms with Crippen LogP contribution in [-0.4, -0.2) is 48.5 Å². The van der Waals surface area contributed by atoms with Crippen molar-refractivity contribution in [3.8, 4) is 0 Å². The normalized spacial score (nSPS) is 17.8. The van der Waals surface area contributed by atoms with Gasteiger partial charge in [-0.25, -0.2) is 0 Å². The molecule has 88 valence electrons. The van der Waals surface area contributed by atoms with Gasteiger partial charge in [0.1, 0.15) is 0 Å². The summed E-state index contributed by atoms with van der Waals surface area (Å²) >= 11 is 9.28. The highest BCUT2D eigenvalue weighted by atomic mass is 79.9. The molecule has 0 aliphatic carbocycles. The third-order valence-corrected chi connectivity index (χ3v) is 3.64. The highest BCUT2D eigenvalue weighted by molar-refractivity contribution is 9.10. The van der Waals surface area contributed by atoms with Gasteiger partial charge < -0.3 is 4.90 Å². The van der Waals surface area contributed by atoms with E-state index in [2.05, 4.69) is 36.8 Å². The zero-order valence-electron chi connectivity index (χ0n) is 9.07. The van der Waals surface area contributed by atoms with Gasteiger partial charge in [-0.15, -0.1) is 11.6 Å². The topological polar surface area (TPSA) is 19.4 Å². The molecule has 16 heavy (non-hydrogen) atoms. The fourth-order valence-electron chi connectivity index (χ4n) is 1.96. The first-order chi connectivity index (χ1) is 7.81. The molecule has 1 saturated heterocycles. The molecule has 0 aromatic carbocycles. The number of pyridine rings is 1. The predicted molar refractivity (Wildman–Crippen MR) is 71.3 cm³/mol. The maximum absolute atomic E-state index is 5.74. The quantitative estimate of drug-likeness (QED) is 0.798. The summed E-state index contributed by atoms with van der Waals surface area (Å²) in [7, 11) is 0. The molecule has 0 spiro atoms. The van der Waals surface area contributed by atoms with E-state index in [1.54, 1.807) is 0 Å². The van der Waals surface area contributed by atoms with Crippen molar-refractivity contribution in [3.05, 3.63) is 22.9 Å². The van der Waals surface area contributed by atoms with Crippen LogP contribution in [0.4, 0.5) is 5.69 Å². The Bertz CT molecular complexity index is 340. The predicted octanol–water partition coefficient (Wildman–Crippen LogP) is 2.20. The van der Waals surface area contributed by atoms with Crippen LogP contribution in [0.3, 0.4) is 0 Å². The Labute approximate surface area is 110 Å². The first-order valence-electron chi connectivity index (χ1n) is 5.44. The Kier molecular flexibility index (Phi) is 4.44. The van der Waals surface area contributed by atoms with E-state index in [1.165, 1.54) is 5.69 Å². The maximum atomic E-state index is 5.74. The molecular formula is C11H15BrClN3. The molecule has 5 heteroatoms. The fourth-order valence-corrected chi connectivity index (χ4v) is 2.70. The summed E-state index contributed by atoms with van der Waals surface area (Å²) in [5.74, 6) is 0.721. The maximum Gasteiger partial charge on any atom is 0.0592 e. The smallest absolute Gasteiger partial charge is 0.0592 e. The molecule has 1 aliphatic heterocycles. The molecule has 0 N–H and O–H groups in total. The molecule has 1 aromatic rings. The second kappa shape index (κ2) is 5.84. The molecular weight excluding hydrogens is 289 g/mol. The third-order valence-electron chi connectivity index (χ3n) is 2.86. The summed E-state index contributed by atoms with van der Waals surface area (Å²) in [6.07, 6.45) is 3.69. The van der Waals surface area contributed by atoms with Crippen molar-refractivity contribution in [2.24, 2.45) is 0 Å². The second-order valence-electron chi connectivity index (χ2n) is 3.84. The summed E-state index contributed by atoms with van der Waals surface area (Å²) in [5, 5.41) is 0. The highest BCUT2D eigenvalue weighted by Crippen LogP contribution is 2.25. The number of hydrogen-bond acceptors (Lipinski definition) is 3. The Morgan fingerprint density at radius 2 is 2.06 bits per heavy atom. The molecule has 0 atom stereocenters. The fraction of sp³-hybridized carbons (Fsp3) is 0.545. The van der Waals surface area contributed by atoms with Crippen molar-refractivity contribution in [1.29, 1.82) is 0 Å². The standard InChI is InChI=1S/C11H15BrClN3/c12-10-9-14-3-1-11(10)16-7-5-15(4-2-13)6-8-16/h1,3,9H,2,4-8H2. The Balaban J connectivity index is 1.96. The van der Waals surface area contributed by atoms with E-state index in [0.717, 1.165) is 43.1 Å². The zero-order valence-corrected chi connectivity index (χ0v) is 11.4. The van der Waals surface area contributed by atoms with Gasteiger partial charge in [-0.05, 0) is 22.0 Å². The largest absolute Gasteiger partial charge is 0.368 e. The number of rotatable bonds is 3. The lowest BCUT2D eigenvalue weighted by Crippen LogP contribution is -2.47. The lowest BCUT2D eigenvalue weighted by atomic mass is 10.2. The van der Waals surface area contributed by atoms with E-state index in [1.807, 2.05) is 12.4 Å². The Morgan fingerprint density at radius 3 is 2.69 bits per heavy atom. The lowest BCUT2D eigenvalue weighted by molar-refractivity contribution is 0.272. The van der Waals surface area contributed by atoms with Crippen molar-refractivity contribution >= 4 is 33.2 Å². The van der Waals surface area contributed by atoms with Crippen LogP contribution in [-0.2, 0) is 0 Å². The molecule has 1 fully saturated rings. The van der Waals surface area contributed by atoms with Crippen LogP contribution in [0.25, 0.3) is 0 Å². The number of halogens is 2. The van der Waals surface area contributed by atoms with Gasteiger partial charge in [-0.2, -0.15) is 0 Å². The third kappa shape index (κ3) is 2.87. The van der Waals surface area contributed by atoms with Gasteiger partial charge in [-0.3, -0.25) is 9.88 Å². The van der Waals surface area contributed by atoms with E-state index in [9.17, 15) is 0 Å². The second-order valence-corrected chi connectivity index (χ2v) is 5.08. The van der Waals surface area contributed by atoms with E-state index < -0.39 is 0 Å². The van der Waals surface area contributed by atoms with Crippen molar-refractivity contribution < 1.29 is 0 Å². The van der Waals surface area contributed by atoms with Crippen molar-refractivity contribution in [1.82, 2.24) is 9.88 Å². The molecule has 0 unspecified atom stereocenters. The van der Waals surface area contributed by atoms with Crippen LogP contribution in [0.1, 0.15) is 0 Å². The number of hydrogen-bond donors (Lipinski definition) is 0. The van der Waals surface area contributed by atoms with Crippen molar-refractivity contribution in [2.45, 2.75) is 0 Å². The van der Waals surface area contributed by atoms with Gasteiger partial charge in [0.05, 0.1) is 10.2 Å². The molecule has 1 aliphatic rings. The molecule has 1 aromatic heterocycles. The van der Waals surface area contributed by atoms with Gasteiger partial charge in [0.15, 0.2) is 0 Å². The van der Waals surface area contributed by atoms with Gasteiger partial charge in [-0.1, -0.05) is 0 Å². The molecule has 2 rings (SSSR count). The van der Waals surface area contributed by atoms with Crippen molar-refractivity contribution in [3.63, 3.8) is 0 Å². The van der Waals surface area contributed by atoms with Crippen LogP contribution >= 0.6 is 27.5 Å². The summed E-state index contributed by atoms with van der Waals surface area (Å²) in [5.41, 5.74) is 1.24. The van der Waals surface area contributed by atoms with E-state index in [4.69, 9.17) is 11.6 Å². The number of aromatic nitrogens is 1. The van der Waals surface area contributed by atoms with Crippen LogP contribution in [0.15, 0.2) is 22.9 Å². The minimum atomic E-state index is 0.721. The summed E-state index contributed by atoms with van der Waals surface area (Å²) < 4.78 is 1.07. The number of nitrogens with zero attached hydrogens (tertiary/aromatic N) is 3. The van der Waals surface area contributed by atoms with E-state index >= 15 is 0 Å². The van der Waals surface area contributed by atoms with Crippen LogP contribution in [0.5, 0.6) is 0 Å². The monoisotopic (exact) mass is 303 g/mol. The Morgan fingerprint density at radius 1 is 1.31 bits per heavy atom. The number of anilines is 1. The zero-order chi connectivity index (χ0) is 11.4. The first kappa shape index (κ1) is 12.1. The summed E-state index contributed by atoms with van der Waals surface area (Å²) in [6, 6.07) is 2.06. The first-order valence-corrected chi connectivity index (χ1v) is 6.77. The highest BCUT2D eigenvalue weighted by Gasteiger charge is 2.17.